The molecule has 35 heavy (non-hydrogen) atoms. The van der Waals surface area contributed by atoms with Gasteiger partial charge in [0.15, 0.2) is 0 Å². The van der Waals surface area contributed by atoms with E-state index in [-0.39, 0.29) is 11.9 Å². The number of piperazine rings is 1. The maximum atomic E-state index is 11.5. The van der Waals surface area contributed by atoms with E-state index in [0.717, 1.165) is 73.7 Å². The van der Waals surface area contributed by atoms with Crippen molar-refractivity contribution in [1.29, 1.82) is 0 Å². The molecular weight excluding hydrogens is 508 g/mol. The van der Waals surface area contributed by atoms with Crippen molar-refractivity contribution in [3.05, 3.63) is 63.6 Å². The van der Waals surface area contributed by atoms with Crippen LogP contribution in [0.3, 0.4) is 0 Å². The minimum Gasteiger partial charge on any atom is -0.369 e. The molecule has 2 aromatic rings. The summed E-state index contributed by atoms with van der Waals surface area (Å²) in [5.74, 6) is -0.0612. The number of anilines is 1. The zero-order chi connectivity index (χ0) is 25.0. The van der Waals surface area contributed by atoms with E-state index < -0.39 is 0 Å². The summed E-state index contributed by atoms with van der Waals surface area (Å²) in [4.78, 5) is 38.8. The molecule has 1 amide bonds. The fourth-order valence-corrected chi connectivity index (χ4v) is 4.86. The normalized spacial score (nSPS) is 15.0. The van der Waals surface area contributed by atoms with Crippen LogP contribution in [0.25, 0.3) is 0 Å². The molecule has 2 N–H and O–H groups in total. The van der Waals surface area contributed by atoms with Crippen molar-refractivity contribution in [2.75, 3.05) is 44.7 Å². The number of benzene rings is 2. The summed E-state index contributed by atoms with van der Waals surface area (Å²) >= 11 is 3.69. The maximum absolute atomic E-state index is 11.5. The van der Waals surface area contributed by atoms with Crippen LogP contribution >= 0.6 is 15.9 Å². The summed E-state index contributed by atoms with van der Waals surface area (Å²) in [5, 5.41) is 5.91. The van der Waals surface area contributed by atoms with E-state index in [1.165, 1.54) is 11.3 Å². The van der Waals surface area contributed by atoms with Gasteiger partial charge in [-0.15, -0.1) is 0 Å². The van der Waals surface area contributed by atoms with Crippen molar-refractivity contribution >= 4 is 40.1 Å². The molecule has 1 heterocycles. The Morgan fingerprint density at radius 1 is 1.09 bits per heavy atom. The Kier molecular flexibility index (Phi) is 10.9. The SMILES string of the molecule is CNC(=O)CCC(C=O)NCc1c(Br)cccc1N1CCN(CCCc2ccc(C=O)cc2)CC1. The number of halogens is 1. The molecule has 0 radical (unpaired) electrons. The van der Waals surface area contributed by atoms with Gasteiger partial charge in [0.25, 0.3) is 0 Å². The van der Waals surface area contributed by atoms with Crippen LogP contribution in [0.4, 0.5) is 5.69 Å². The Balaban J connectivity index is 1.49. The van der Waals surface area contributed by atoms with Crippen molar-refractivity contribution in [2.45, 2.75) is 38.3 Å². The largest absolute Gasteiger partial charge is 0.369 e. The Labute approximate surface area is 216 Å². The zero-order valence-corrected chi connectivity index (χ0v) is 21.9. The lowest BCUT2D eigenvalue weighted by Crippen LogP contribution is -2.47. The van der Waals surface area contributed by atoms with Gasteiger partial charge < -0.3 is 20.3 Å². The fourth-order valence-electron chi connectivity index (χ4n) is 4.36. The molecular formula is C27H35BrN4O3. The second kappa shape index (κ2) is 14.1. The maximum Gasteiger partial charge on any atom is 0.219 e. The average molecular weight is 544 g/mol. The van der Waals surface area contributed by atoms with Gasteiger partial charge in [-0.05, 0) is 43.5 Å². The molecule has 2 aromatic carbocycles. The number of nitrogens with zero attached hydrogens (tertiary/aromatic N) is 2. The van der Waals surface area contributed by atoms with Gasteiger partial charge in [0.05, 0.1) is 6.04 Å². The van der Waals surface area contributed by atoms with E-state index in [9.17, 15) is 14.4 Å². The van der Waals surface area contributed by atoms with Crippen molar-refractivity contribution in [1.82, 2.24) is 15.5 Å². The highest BCUT2D eigenvalue weighted by atomic mass is 79.9. The van der Waals surface area contributed by atoms with Crippen LogP contribution < -0.4 is 15.5 Å². The number of hydrogen-bond donors (Lipinski definition) is 2. The summed E-state index contributed by atoms with van der Waals surface area (Å²) < 4.78 is 1.02. The average Bonchev–Trinajstić information content (AvgIpc) is 2.90. The molecule has 1 saturated heterocycles. The van der Waals surface area contributed by atoms with Gasteiger partial charge in [-0.25, -0.2) is 0 Å². The van der Waals surface area contributed by atoms with E-state index in [0.29, 0.717) is 19.4 Å². The molecule has 0 spiro atoms. The van der Waals surface area contributed by atoms with Gasteiger partial charge in [0, 0.05) is 67.5 Å². The highest BCUT2D eigenvalue weighted by Crippen LogP contribution is 2.29. The topological polar surface area (TPSA) is 81.8 Å². The number of nitrogens with one attached hydrogen (secondary N) is 2. The molecule has 1 atom stereocenters. The van der Waals surface area contributed by atoms with Crippen LogP contribution in [0.15, 0.2) is 46.9 Å². The molecule has 1 unspecified atom stereocenters. The third-order valence-corrected chi connectivity index (χ3v) is 7.27. The molecule has 1 aliphatic heterocycles. The number of amides is 1. The van der Waals surface area contributed by atoms with Gasteiger partial charge >= 0.3 is 0 Å². The molecule has 0 bridgehead atoms. The summed E-state index contributed by atoms with van der Waals surface area (Å²) in [6.45, 7) is 5.52. The zero-order valence-electron chi connectivity index (χ0n) is 20.3. The van der Waals surface area contributed by atoms with Crippen molar-refractivity contribution in [3.8, 4) is 0 Å². The quantitative estimate of drug-likeness (QED) is 0.378. The smallest absolute Gasteiger partial charge is 0.219 e. The van der Waals surface area contributed by atoms with E-state index in [4.69, 9.17) is 0 Å². The Hall–Kier alpha value is -2.55. The third-order valence-electron chi connectivity index (χ3n) is 6.53. The first-order chi connectivity index (χ1) is 17.0. The Morgan fingerprint density at radius 2 is 1.83 bits per heavy atom. The molecule has 1 fully saturated rings. The number of rotatable bonds is 13. The molecule has 7 nitrogen and oxygen atoms in total. The van der Waals surface area contributed by atoms with Crippen LogP contribution in [-0.4, -0.2) is 69.2 Å². The molecule has 0 aromatic heterocycles. The number of aldehydes is 2. The lowest BCUT2D eigenvalue weighted by molar-refractivity contribution is -0.120. The van der Waals surface area contributed by atoms with Gasteiger partial charge in [0.1, 0.15) is 12.6 Å². The molecule has 3 rings (SSSR count). The number of aryl methyl sites for hydroxylation is 1. The van der Waals surface area contributed by atoms with Crippen molar-refractivity contribution < 1.29 is 14.4 Å². The predicted octanol–water partition coefficient (Wildman–Crippen LogP) is 3.20. The summed E-state index contributed by atoms with van der Waals surface area (Å²) in [7, 11) is 1.60. The van der Waals surface area contributed by atoms with E-state index >= 15 is 0 Å². The molecule has 1 aliphatic rings. The minimum absolute atomic E-state index is 0.0612. The van der Waals surface area contributed by atoms with Crippen molar-refractivity contribution in [2.24, 2.45) is 0 Å². The highest BCUT2D eigenvalue weighted by Gasteiger charge is 2.20. The lowest BCUT2D eigenvalue weighted by atomic mass is 10.1. The monoisotopic (exact) mass is 542 g/mol. The fraction of sp³-hybridized carbons (Fsp3) is 0.444. The Bertz CT molecular complexity index is 975. The van der Waals surface area contributed by atoms with Crippen LogP contribution in [0.1, 0.15) is 40.7 Å². The third kappa shape index (κ3) is 8.26. The van der Waals surface area contributed by atoms with Crippen LogP contribution in [0, 0.1) is 0 Å². The summed E-state index contributed by atoms with van der Waals surface area (Å²) in [5.41, 5.74) is 4.30. The molecule has 188 valence electrons. The van der Waals surface area contributed by atoms with Gasteiger partial charge in [-0.1, -0.05) is 46.3 Å². The van der Waals surface area contributed by atoms with Gasteiger partial charge in [-0.2, -0.15) is 0 Å². The molecule has 0 aliphatic carbocycles. The first-order valence-corrected chi connectivity index (χ1v) is 13.0. The number of carbonyl (C=O) groups excluding carboxylic acids is 3. The van der Waals surface area contributed by atoms with Gasteiger partial charge in [-0.3, -0.25) is 14.5 Å². The van der Waals surface area contributed by atoms with Gasteiger partial charge in [0.2, 0.25) is 5.91 Å². The second-order valence-electron chi connectivity index (χ2n) is 8.86. The molecule has 0 saturated carbocycles. The predicted molar refractivity (Wildman–Crippen MR) is 143 cm³/mol. The van der Waals surface area contributed by atoms with E-state index in [1.807, 2.05) is 36.4 Å². The standard InChI is InChI=1S/C27H35BrN4O3/c1-29-27(35)12-11-23(20-34)30-18-24-25(28)5-2-6-26(24)32-16-14-31(15-17-32)13-3-4-21-7-9-22(19-33)10-8-21/h2,5-10,19-20,23,30H,3-4,11-18H2,1H3,(H,29,35). The lowest BCUT2D eigenvalue weighted by Gasteiger charge is -2.37. The van der Waals surface area contributed by atoms with E-state index in [2.05, 4.69) is 42.4 Å². The summed E-state index contributed by atoms with van der Waals surface area (Å²) in [6, 6.07) is 13.7. The van der Waals surface area contributed by atoms with Crippen LogP contribution in [-0.2, 0) is 22.6 Å². The minimum atomic E-state index is -0.362. The van der Waals surface area contributed by atoms with Crippen LogP contribution in [0.5, 0.6) is 0 Å². The van der Waals surface area contributed by atoms with Crippen molar-refractivity contribution in [3.63, 3.8) is 0 Å². The number of hydrogen-bond acceptors (Lipinski definition) is 6. The highest BCUT2D eigenvalue weighted by molar-refractivity contribution is 9.10. The van der Waals surface area contributed by atoms with Crippen LogP contribution in [0.2, 0.25) is 0 Å². The molecule has 8 heteroatoms. The Morgan fingerprint density at radius 3 is 2.49 bits per heavy atom. The van der Waals surface area contributed by atoms with E-state index in [1.54, 1.807) is 7.05 Å². The summed E-state index contributed by atoms with van der Waals surface area (Å²) in [6.07, 6.45) is 4.66. The first-order valence-electron chi connectivity index (χ1n) is 12.2. The first kappa shape index (κ1) is 27.0. The number of carbonyl (C=O) groups is 3. The second-order valence-corrected chi connectivity index (χ2v) is 9.72.